The van der Waals surface area contributed by atoms with E-state index in [1.54, 1.807) is 0 Å². The Kier molecular flexibility index (Phi) is 5.66. The SMILES string of the molecule is CC1(CCCC#C[Si](C)(C)C)CCCCC(=O)C1. The van der Waals surface area contributed by atoms with Gasteiger partial charge in [0.15, 0.2) is 0 Å². The van der Waals surface area contributed by atoms with Gasteiger partial charge in [0.1, 0.15) is 13.9 Å². The fraction of sp³-hybridized carbons (Fsp3) is 0.812. The van der Waals surface area contributed by atoms with E-state index in [1.165, 1.54) is 19.3 Å². The number of carbonyl (C=O) groups is 1. The number of Topliss-reactive ketones (excluding diaryl/α,β-unsaturated/α-hetero) is 1. The molecule has 0 amide bonds. The number of ketones is 1. The van der Waals surface area contributed by atoms with Gasteiger partial charge in [-0.1, -0.05) is 33.0 Å². The van der Waals surface area contributed by atoms with Crippen LogP contribution in [0.1, 0.15) is 58.3 Å². The Morgan fingerprint density at radius 3 is 2.67 bits per heavy atom. The minimum Gasteiger partial charge on any atom is -0.300 e. The minimum atomic E-state index is -1.20. The average molecular weight is 264 g/mol. The van der Waals surface area contributed by atoms with E-state index in [-0.39, 0.29) is 5.41 Å². The maximum Gasteiger partial charge on any atom is 0.133 e. The highest BCUT2D eigenvalue weighted by Crippen LogP contribution is 2.37. The molecule has 1 rings (SSSR count). The third-order valence-electron chi connectivity index (χ3n) is 3.66. The third-order valence-corrected chi connectivity index (χ3v) is 4.58. The van der Waals surface area contributed by atoms with Gasteiger partial charge in [-0.3, -0.25) is 4.79 Å². The Morgan fingerprint density at radius 1 is 1.28 bits per heavy atom. The predicted molar refractivity (Wildman–Crippen MR) is 81.2 cm³/mol. The molecule has 0 spiro atoms. The zero-order valence-corrected chi connectivity index (χ0v) is 13.6. The van der Waals surface area contributed by atoms with E-state index in [0.29, 0.717) is 5.78 Å². The molecule has 1 fully saturated rings. The molecular weight excluding hydrogens is 236 g/mol. The molecule has 1 aliphatic rings. The zero-order chi connectivity index (χ0) is 13.6. The standard InChI is InChI=1S/C16H28OSi/c1-16(12-8-6-10-15(17)14-16)11-7-5-9-13-18(2,3)4/h5-8,10-12,14H2,1-4H3. The summed E-state index contributed by atoms with van der Waals surface area (Å²) in [7, 11) is -1.20. The molecule has 1 unspecified atom stereocenters. The summed E-state index contributed by atoms with van der Waals surface area (Å²) in [5.41, 5.74) is 3.67. The molecular formula is C16H28OSi. The van der Waals surface area contributed by atoms with Crippen LogP contribution in [-0.4, -0.2) is 13.9 Å². The van der Waals surface area contributed by atoms with Crippen LogP contribution in [0.5, 0.6) is 0 Å². The Morgan fingerprint density at radius 2 is 2.00 bits per heavy atom. The molecule has 0 radical (unpaired) electrons. The number of unbranched alkanes of at least 4 members (excludes halogenated alkanes) is 1. The first-order valence-electron chi connectivity index (χ1n) is 7.33. The quantitative estimate of drug-likeness (QED) is 0.316. The Balaban J connectivity index is 2.36. The highest BCUT2D eigenvalue weighted by atomic mass is 28.3. The average Bonchev–Trinajstić information content (AvgIpc) is 2.38. The van der Waals surface area contributed by atoms with Crippen LogP contribution in [0, 0.1) is 16.9 Å². The summed E-state index contributed by atoms with van der Waals surface area (Å²) < 4.78 is 0. The van der Waals surface area contributed by atoms with Gasteiger partial charge >= 0.3 is 0 Å². The molecule has 0 N–H and O–H groups in total. The van der Waals surface area contributed by atoms with Crippen LogP contribution < -0.4 is 0 Å². The maximum absolute atomic E-state index is 11.7. The number of rotatable bonds is 3. The van der Waals surface area contributed by atoms with Crippen molar-refractivity contribution in [2.45, 2.75) is 77.9 Å². The summed E-state index contributed by atoms with van der Waals surface area (Å²) in [4.78, 5) is 11.7. The Bertz CT molecular complexity index is 342. The topological polar surface area (TPSA) is 17.1 Å². The highest BCUT2D eigenvalue weighted by Gasteiger charge is 2.28. The molecule has 0 heterocycles. The second-order valence-corrected chi connectivity index (χ2v) is 11.9. The number of carbonyl (C=O) groups excluding carboxylic acids is 1. The first kappa shape index (κ1) is 15.5. The summed E-state index contributed by atoms with van der Waals surface area (Å²) in [5.74, 6) is 3.81. The predicted octanol–water partition coefficient (Wildman–Crippen LogP) is 4.58. The van der Waals surface area contributed by atoms with Crippen molar-refractivity contribution >= 4 is 13.9 Å². The van der Waals surface area contributed by atoms with Gasteiger partial charge in [0, 0.05) is 19.3 Å². The fourth-order valence-electron chi connectivity index (χ4n) is 2.67. The normalized spacial score (nSPS) is 25.2. The van der Waals surface area contributed by atoms with Crippen LogP contribution in [0.3, 0.4) is 0 Å². The number of hydrogen-bond acceptors (Lipinski definition) is 1. The van der Waals surface area contributed by atoms with Crippen LogP contribution >= 0.6 is 0 Å². The second-order valence-electron chi connectivity index (χ2n) is 7.14. The molecule has 0 aliphatic heterocycles. The lowest BCUT2D eigenvalue weighted by Gasteiger charge is -2.26. The van der Waals surface area contributed by atoms with Crippen molar-refractivity contribution in [2.24, 2.45) is 5.41 Å². The lowest BCUT2D eigenvalue weighted by Crippen LogP contribution is -2.19. The van der Waals surface area contributed by atoms with Gasteiger partial charge in [-0.2, -0.15) is 0 Å². The molecule has 0 bridgehead atoms. The van der Waals surface area contributed by atoms with Gasteiger partial charge in [-0.15, -0.1) is 11.5 Å². The van der Waals surface area contributed by atoms with E-state index in [0.717, 1.165) is 32.1 Å². The lowest BCUT2D eigenvalue weighted by atomic mass is 9.78. The van der Waals surface area contributed by atoms with Crippen molar-refractivity contribution in [3.8, 4) is 11.5 Å². The van der Waals surface area contributed by atoms with Crippen molar-refractivity contribution < 1.29 is 4.79 Å². The largest absolute Gasteiger partial charge is 0.300 e. The van der Waals surface area contributed by atoms with Crippen molar-refractivity contribution in [3.05, 3.63) is 0 Å². The highest BCUT2D eigenvalue weighted by molar-refractivity contribution is 6.83. The van der Waals surface area contributed by atoms with E-state index < -0.39 is 8.07 Å². The summed E-state index contributed by atoms with van der Waals surface area (Å²) in [6, 6.07) is 0. The van der Waals surface area contributed by atoms with E-state index in [9.17, 15) is 4.79 Å². The summed E-state index contributed by atoms with van der Waals surface area (Å²) in [6.07, 6.45) is 8.49. The van der Waals surface area contributed by atoms with E-state index in [2.05, 4.69) is 38.0 Å². The van der Waals surface area contributed by atoms with Crippen molar-refractivity contribution in [1.82, 2.24) is 0 Å². The van der Waals surface area contributed by atoms with E-state index in [1.807, 2.05) is 0 Å². The summed E-state index contributed by atoms with van der Waals surface area (Å²) >= 11 is 0. The zero-order valence-electron chi connectivity index (χ0n) is 12.6. The molecule has 1 saturated carbocycles. The fourth-order valence-corrected chi connectivity index (χ4v) is 3.33. The van der Waals surface area contributed by atoms with Gasteiger partial charge in [-0.25, -0.2) is 0 Å². The van der Waals surface area contributed by atoms with Gasteiger partial charge in [0.25, 0.3) is 0 Å². The monoisotopic (exact) mass is 264 g/mol. The van der Waals surface area contributed by atoms with Crippen LogP contribution in [0.25, 0.3) is 0 Å². The second kappa shape index (κ2) is 6.57. The molecule has 1 aliphatic carbocycles. The molecule has 0 aromatic rings. The molecule has 18 heavy (non-hydrogen) atoms. The van der Waals surface area contributed by atoms with Crippen LogP contribution in [0.15, 0.2) is 0 Å². The minimum absolute atomic E-state index is 0.258. The molecule has 0 aromatic carbocycles. The van der Waals surface area contributed by atoms with Gasteiger partial charge in [0.2, 0.25) is 0 Å². The van der Waals surface area contributed by atoms with Crippen molar-refractivity contribution in [1.29, 1.82) is 0 Å². The molecule has 1 atom stereocenters. The molecule has 1 nitrogen and oxygen atoms in total. The number of hydrogen-bond donors (Lipinski definition) is 0. The Hall–Kier alpha value is -0.553. The molecule has 0 aromatic heterocycles. The van der Waals surface area contributed by atoms with Crippen molar-refractivity contribution in [2.75, 3.05) is 0 Å². The summed E-state index contributed by atoms with van der Waals surface area (Å²) in [5, 5.41) is 0. The maximum atomic E-state index is 11.7. The molecule has 102 valence electrons. The van der Waals surface area contributed by atoms with E-state index >= 15 is 0 Å². The van der Waals surface area contributed by atoms with Crippen LogP contribution in [0.2, 0.25) is 19.6 Å². The van der Waals surface area contributed by atoms with E-state index in [4.69, 9.17) is 0 Å². The smallest absolute Gasteiger partial charge is 0.133 e. The van der Waals surface area contributed by atoms with Gasteiger partial charge in [-0.05, 0) is 31.1 Å². The molecule has 2 heteroatoms. The van der Waals surface area contributed by atoms with Crippen LogP contribution in [-0.2, 0) is 4.79 Å². The summed E-state index contributed by atoms with van der Waals surface area (Å²) in [6.45, 7) is 9.14. The van der Waals surface area contributed by atoms with Gasteiger partial charge in [0.05, 0.1) is 0 Å². The van der Waals surface area contributed by atoms with Crippen LogP contribution in [0.4, 0.5) is 0 Å². The first-order chi connectivity index (χ1) is 8.31. The lowest BCUT2D eigenvalue weighted by molar-refractivity contribution is -0.120. The first-order valence-corrected chi connectivity index (χ1v) is 10.8. The Labute approximate surface area is 114 Å². The van der Waals surface area contributed by atoms with Gasteiger partial charge < -0.3 is 0 Å². The molecule has 0 saturated heterocycles. The third kappa shape index (κ3) is 6.40. The van der Waals surface area contributed by atoms with Crippen molar-refractivity contribution in [3.63, 3.8) is 0 Å².